The van der Waals surface area contributed by atoms with Gasteiger partial charge >= 0.3 is 0 Å². The van der Waals surface area contributed by atoms with Gasteiger partial charge in [-0.25, -0.2) is 0 Å². The van der Waals surface area contributed by atoms with E-state index in [-0.39, 0.29) is 11.2 Å². The number of thioether (sulfide) groups is 1. The van der Waals surface area contributed by atoms with Crippen LogP contribution >= 0.6 is 11.8 Å². The highest BCUT2D eigenvalue weighted by molar-refractivity contribution is 8.00. The number of amides is 1. The lowest BCUT2D eigenvalue weighted by Gasteiger charge is -2.22. The van der Waals surface area contributed by atoms with Crippen LogP contribution in [0.15, 0.2) is 23.1 Å². The van der Waals surface area contributed by atoms with Crippen molar-refractivity contribution in [1.82, 2.24) is 0 Å². The smallest absolute Gasteiger partial charge is 0.237 e. The summed E-state index contributed by atoms with van der Waals surface area (Å²) in [6, 6.07) is 6.36. The van der Waals surface area contributed by atoms with E-state index in [9.17, 15) is 4.79 Å². The summed E-state index contributed by atoms with van der Waals surface area (Å²) in [6.45, 7) is 4.87. The van der Waals surface area contributed by atoms with Gasteiger partial charge in [0.15, 0.2) is 0 Å². The Labute approximate surface area is 113 Å². The van der Waals surface area contributed by atoms with Gasteiger partial charge in [0.05, 0.1) is 10.9 Å². The van der Waals surface area contributed by atoms with Crippen molar-refractivity contribution in [2.75, 3.05) is 11.9 Å². The maximum atomic E-state index is 11.6. The SMILES string of the molecule is CC(CCN)Cc1ccc2c(c1)NC(=O)C(C)S2. The van der Waals surface area contributed by atoms with E-state index in [0.717, 1.165) is 30.0 Å². The van der Waals surface area contributed by atoms with Crippen molar-refractivity contribution in [2.45, 2.75) is 36.8 Å². The maximum absolute atomic E-state index is 11.6. The first kappa shape index (κ1) is 13.4. The van der Waals surface area contributed by atoms with Crippen LogP contribution in [0.25, 0.3) is 0 Å². The summed E-state index contributed by atoms with van der Waals surface area (Å²) in [6.07, 6.45) is 2.05. The topological polar surface area (TPSA) is 55.1 Å². The predicted molar refractivity (Wildman–Crippen MR) is 76.9 cm³/mol. The van der Waals surface area contributed by atoms with Gasteiger partial charge in [-0.3, -0.25) is 4.79 Å². The Morgan fingerprint density at radius 1 is 1.50 bits per heavy atom. The summed E-state index contributed by atoms with van der Waals surface area (Å²) in [4.78, 5) is 12.8. The second-order valence-electron chi connectivity index (χ2n) is 4.97. The molecule has 1 heterocycles. The number of anilines is 1. The van der Waals surface area contributed by atoms with Crippen LogP contribution in [-0.2, 0) is 11.2 Å². The molecule has 0 aliphatic carbocycles. The highest BCUT2D eigenvalue weighted by Crippen LogP contribution is 2.36. The lowest BCUT2D eigenvalue weighted by Crippen LogP contribution is -2.26. The molecule has 1 aliphatic heterocycles. The van der Waals surface area contributed by atoms with Gasteiger partial charge < -0.3 is 11.1 Å². The number of rotatable bonds is 4. The monoisotopic (exact) mass is 264 g/mol. The molecule has 1 aliphatic rings. The molecule has 2 rings (SSSR count). The molecule has 0 bridgehead atoms. The van der Waals surface area contributed by atoms with Crippen LogP contribution < -0.4 is 11.1 Å². The molecule has 1 aromatic rings. The van der Waals surface area contributed by atoms with E-state index in [2.05, 4.69) is 30.4 Å². The van der Waals surface area contributed by atoms with Crippen molar-refractivity contribution in [2.24, 2.45) is 11.7 Å². The summed E-state index contributed by atoms with van der Waals surface area (Å²) >= 11 is 1.63. The quantitative estimate of drug-likeness (QED) is 0.879. The Hall–Kier alpha value is -1.000. The summed E-state index contributed by atoms with van der Waals surface area (Å²) in [7, 11) is 0. The van der Waals surface area contributed by atoms with Crippen LogP contribution in [0.1, 0.15) is 25.8 Å². The van der Waals surface area contributed by atoms with Crippen molar-refractivity contribution < 1.29 is 4.79 Å². The molecule has 0 spiro atoms. The summed E-state index contributed by atoms with van der Waals surface area (Å²) < 4.78 is 0. The van der Waals surface area contributed by atoms with Gasteiger partial charge in [-0.2, -0.15) is 0 Å². The van der Waals surface area contributed by atoms with Crippen LogP contribution in [0.3, 0.4) is 0 Å². The largest absolute Gasteiger partial charge is 0.330 e. The fourth-order valence-corrected chi connectivity index (χ4v) is 3.10. The third-order valence-corrected chi connectivity index (χ3v) is 4.40. The Morgan fingerprint density at radius 2 is 2.28 bits per heavy atom. The minimum Gasteiger partial charge on any atom is -0.330 e. The molecule has 0 aromatic heterocycles. The Kier molecular flexibility index (Phi) is 4.30. The Morgan fingerprint density at radius 3 is 3.00 bits per heavy atom. The lowest BCUT2D eigenvalue weighted by molar-refractivity contribution is -0.115. The summed E-state index contributed by atoms with van der Waals surface area (Å²) in [5, 5.41) is 2.97. The van der Waals surface area contributed by atoms with Gasteiger partial charge in [0.2, 0.25) is 5.91 Å². The molecule has 1 aromatic carbocycles. The molecule has 2 atom stereocenters. The van der Waals surface area contributed by atoms with Gasteiger partial charge in [-0.15, -0.1) is 11.8 Å². The highest BCUT2D eigenvalue weighted by atomic mass is 32.2. The number of carbonyl (C=O) groups is 1. The molecule has 98 valence electrons. The van der Waals surface area contributed by atoms with Gasteiger partial charge in [-0.1, -0.05) is 13.0 Å². The van der Waals surface area contributed by atoms with Crippen LogP contribution in [0.4, 0.5) is 5.69 Å². The van der Waals surface area contributed by atoms with Gasteiger partial charge in [-0.05, 0) is 49.9 Å². The summed E-state index contributed by atoms with van der Waals surface area (Å²) in [5.41, 5.74) is 7.79. The predicted octanol–water partition coefficient (Wildman–Crippen LogP) is 2.65. The number of nitrogens with two attached hydrogens (primary N) is 1. The van der Waals surface area contributed by atoms with E-state index >= 15 is 0 Å². The average molecular weight is 264 g/mol. The number of hydrogen-bond donors (Lipinski definition) is 2. The highest BCUT2D eigenvalue weighted by Gasteiger charge is 2.22. The fraction of sp³-hybridized carbons (Fsp3) is 0.500. The molecular weight excluding hydrogens is 244 g/mol. The van der Waals surface area contributed by atoms with Crippen LogP contribution in [0.5, 0.6) is 0 Å². The normalized spacial score (nSPS) is 20.2. The molecule has 0 saturated heterocycles. The van der Waals surface area contributed by atoms with Gasteiger partial charge in [0, 0.05) is 4.90 Å². The number of benzene rings is 1. The molecule has 3 nitrogen and oxygen atoms in total. The maximum Gasteiger partial charge on any atom is 0.237 e. The average Bonchev–Trinajstić information content (AvgIpc) is 2.31. The van der Waals surface area contributed by atoms with E-state index in [1.807, 2.05) is 6.92 Å². The number of fused-ring (bicyclic) bond motifs is 1. The van der Waals surface area contributed by atoms with Crippen LogP contribution in [0.2, 0.25) is 0 Å². The zero-order valence-corrected chi connectivity index (χ0v) is 11.7. The molecule has 3 N–H and O–H groups in total. The van der Waals surface area contributed by atoms with E-state index in [1.165, 1.54) is 5.56 Å². The van der Waals surface area contributed by atoms with Crippen LogP contribution in [-0.4, -0.2) is 17.7 Å². The van der Waals surface area contributed by atoms with Gasteiger partial charge in [0.25, 0.3) is 0 Å². The summed E-state index contributed by atoms with van der Waals surface area (Å²) in [5.74, 6) is 0.679. The minimum absolute atomic E-state index is 0.000450. The van der Waals surface area contributed by atoms with Gasteiger partial charge in [0.1, 0.15) is 0 Å². The number of carbonyl (C=O) groups excluding carboxylic acids is 1. The van der Waals surface area contributed by atoms with E-state index < -0.39 is 0 Å². The first-order valence-electron chi connectivity index (χ1n) is 6.40. The standard InChI is InChI=1S/C14H20N2OS/c1-9(5-6-15)7-11-3-4-13-12(8-11)16-14(17)10(2)18-13/h3-4,8-10H,5-7,15H2,1-2H3,(H,16,17). The Bertz CT molecular complexity index is 447. The molecule has 2 unspecified atom stereocenters. The van der Waals surface area contributed by atoms with Crippen LogP contribution in [0, 0.1) is 5.92 Å². The third-order valence-electron chi connectivity index (χ3n) is 3.22. The molecule has 1 amide bonds. The first-order valence-corrected chi connectivity index (χ1v) is 7.28. The van der Waals surface area contributed by atoms with Crippen molar-refractivity contribution in [1.29, 1.82) is 0 Å². The molecule has 0 radical (unpaired) electrons. The van der Waals surface area contributed by atoms with E-state index in [0.29, 0.717) is 5.92 Å². The lowest BCUT2D eigenvalue weighted by atomic mass is 9.98. The van der Waals surface area contributed by atoms with E-state index in [4.69, 9.17) is 5.73 Å². The zero-order chi connectivity index (χ0) is 13.1. The van der Waals surface area contributed by atoms with E-state index in [1.54, 1.807) is 11.8 Å². The second-order valence-corrected chi connectivity index (χ2v) is 6.35. The molecular formula is C14H20N2OS. The molecule has 18 heavy (non-hydrogen) atoms. The molecule has 0 fully saturated rings. The minimum atomic E-state index is -0.000450. The third kappa shape index (κ3) is 3.06. The number of hydrogen-bond acceptors (Lipinski definition) is 3. The van der Waals surface area contributed by atoms with Crippen molar-refractivity contribution in [3.05, 3.63) is 23.8 Å². The molecule has 4 heteroatoms. The first-order chi connectivity index (χ1) is 8.60. The van der Waals surface area contributed by atoms with Crippen molar-refractivity contribution >= 4 is 23.4 Å². The Balaban J connectivity index is 2.12. The fourth-order valence-electron chi connectivity index (χ4n) is 2.17. The zero-order valence-electron chi connectivity index (χ0n) is 10.9. The second kappa shape index (κ2) is 5.76. The van der Waals surface area contributed by atoms with Crippen molar-refractivity contribution in [3.8, 4) is 0 Å². The molecule has 0 saturated carbocycles. The van der Waals surface area contributed by atoms with Crippen molar-refractivity contribution in [3.63, 3.8) is 0 Å². The number of nitrogens with one attached hydrogen (secondary N) is 1.